The average Bonchev–Trinajstić information content (AvgIpc) is 2.62. The monoisotopic (exact) mass is 347 g/mol. The Labute approximate surface area is 147 Å². The number of rotatable bonds is 9. The maximum atomic E-state index is 13.5. The first-order valence-electron chi connectivity index (χ1n) is 8.27. The highest BCUT2D eigenvalue weighted by Gasteiger charge is 2.14. The number of carbonyl (C=O) groups is 1. The number of hydrogen-bond donors (Lipinski definition) is 2. The predicted octanol–water partition coefficient (Wildman–Crippen LogP) is 1.76. The Hall–Kier alpha value is -2.60. The Bertz CT molecular complexity index is 694. The lowest BCUT2D eigenvalue weighted by Gasteiger charge is -2.18. The first kappa shape index (κ1) is 18.7. The summed E-state index contributed by atoms with van der Waals surface area (Å²) in [7, 11) is 1.56. The van der Waals surface area contributed by atoms with Crippen molar-refractivity contribution in [2.24, 2.45) is 0 Å². The van der Waals surface area contributed by atoms with Crippen molar-refractivity contribution in [3.63, 3.8) is 0 Å². The van der Waals surface area contributed by atoms with E-state index in [0.29, 0.717) is 31.1 Å². The molecule has 134 valence electrons. The van der Waals surface area contributed by atoms with E-state index in [-0.39, 0.29) is 17.5 Å². The van der Waals surface area contributed by atoms with Gasteiger partial charge in [-0.2, -0.15) is 0 Å². The van der Waals surface area contributed by atoms with Crippen molar-refractivity contribution in [2.75, 3.05) is 38.7 Å². The molecule has 2 N–H and O–H groups in total. The molecule has 0 saturated heterocycles. The Balaban J connectivity index is 1.82. The van der Waals surface area contributed by atoms with E-state index in [1.807, 2.05) is 19.1 Å². The molecular formula is C19H24FN2O3+. The van der Waals surface area contributed by atoms with E-state index in [9.17, 15) is 9.18 Å². The van der Waals surface area contributed by atoms with Crippen LogP contribution in [0.3, 0.4) is 0 Å². The van der Waals surface area contributed by atoms with E-state index in [1.165, 1.54) is 6.07 Å². The molecule has 0 aliphatic rings. The smallest absolute Gasteiger partial charge is 0.279 e. The minimum Gasteiger partial charge on any atom is -0.495 e. The second kappa shape index (κ2) is 9.64. The topological polar surface area (TPSA) is 52.0 Å². The molecule has 0 aliphatic heterocycles. The Kier molecular flexibility index (Phi) is 7.22. The number of halogens is 1. The van der Waals surface area contributed by atoms with E-state index in [1.54, 1.807) is 37.4 Å². The van der Waals surface area contributed by atoms with Crippen LogP contribution in [-0.2, 0) is 4.79 Å². The molecule has 0 bridgehead atoms. The average molecular weight is 347 g/mol. The van der Waals surface area contributed by atoms with Gasteiger partial charge in [0.15, 0.2) is 18.1 Å². The summed E-state index contributed by atoms with van der Waals surface area (Å²) >= 11 is 0. The summed E-state index contributed by atoms with van der Waals surface area (Å²) in [6.07, 6.45) is 0. The highest BCUT2D eigenvalue weighted by Crippen LogP contribution is 2.22. The number of carbonyl (C=O) groups excluding carboxylic acids is 1. The second-order valence-corrected chi connectivity index (χ2v) is 5.56. The summed E-state index contributed by atoms with van der Waals surface area (Å²) in [6.45, 7) is 4.00. The molecule has 0 aromatic heterocycles. The summed E-state index contributed by atoms with van der Waals surface area (Å²) in [4.78, 5) is 13.3. The number of nitrogens with one attached hydrogen (secondary N) is 2. The number of quaternary nitrogens is 1. The summed E-state index contributed by atoms with van der Waals surface area (Å²) < 4.78 is 24.2. The van der Waals surface area contributed by atoms with E-state index in [4.69, 9.17) is 9.47 Å². The van der Waals surface area contributed by atoms with Crippen LogP contribution in [0.25, 0.3) is 0 Å². The molecule has 0 aliphatic carbocycles. The standard InChI is InChI=1S/C19H23FN2O3/c1-3-22(12-13-25-17-10-6-4-8-15(17)20)14-19(23)21-16-9-5-7-11-18(16)24-2/h4-11H,3,12-14H2,1-2H3,(H,21,23)/p+1. The normalized spacial score (nSPS) is 11.6. The molecule has 1 atom stereocenters. The molecule has 6 heteroatoms. The zero-order valence-electron chi connectivity index (χ0n) is 14.5. The van der Waals surface area contributed by atoms with Crippen LogP contribution in [0.15, 0.2) is 48.5 Å². The third-order valence-corrected chi connectivity index (χ3v) is 3.84. The molecule has 2 aromatic rings. The predicted molar refractivity (Wildman–Crippen MR) is 94.8 cm³/mol. The summed E-state index contributed by atoms with van der Waals surface area (Å²) in [5, 5.41) is 2.86. The lowest BCUT2D eigenvalue weighted by molar-refractivity contribution is -0.889. The van der Waals surface area contributed by atoms with E-state index < -0.39 is 0 Å². The number of hydrogen-bond acceptors (Lipinski definition) is 3. The molecule has 0 fully saturated rings. The maximum Gasteiger partial charge on any atom is 0.279 e. The maximum absolute atomic E-state index is 13.5. The van der Waals surface area contributed by atoms with Gasteiger partial charge in [0.25, 0.3) is 5.91 Å². The summed E-state index contributed by atoms with van der Waals surface area (Å²) in [6, 6.07) is 13.6. The first-order chi connectivity index (χ1) is 12.1. The quantitative estimate of drug-likeness (QED) is 0.727. The lowest BCUT2D eigenvalue weighted by Crippen LogP contribution is -3.13. The molecule has 1 unspecified atom stereocenters. The van der Waals surface area contributed by atoms with Crippen LogP contribution in [0.2, 0.25) is 0 Å². The van der Waals surface area contributed by atoms with Gasteiger partial charge >= 0.3 is 0 Å². The largest absolute Gasteiger partial charge is 0.495 e. The van der Waals surface area contributed by atoms with Gasteiger partial charge in [0.2, 0.25) is 0 Å². The van der Waals surface area contributed by atoms with Gasteiger partial charge < -0.3 is 19.7 Å². The molecule has 5 nitrogen and oxygen atoms in total. The van der Waals surface area contributed by atoms with Crippen molar-refractivity contribution in [1.29, 1.82) is 0 Å². The van der Waals surface area contributed by atoms with Gasteiger partial charge in [0.1, 0.15) is 18.9 Å². The molecule has 2 rings (SSSR count). The van der Waals surface area contributed by atoms with Crippen LogP contribution < -0.4 is 19.7 Å². The number of para-hydroxylation sites is 3. The number of benzene rings is 2. The van der Waals surface area contributed by atoms with Crippen LogP contribution in [0, 0.1) is 5.82 Å². The van der Waals surface area contributed by atoms with Crippen LogP contribution in [0.1, 0.15) is 6.92 Å². The Morgan fingerprint density at radius 2 is 1.80 bits per heavy atom. The van der Waals surface area contributed by atoms with Crippen LogP contribution in [0.4, 0.5) is 10.1 Å². The highest BCUT2D eigenvalue weighted by molar-refractivity contribution is 5.92. The van der Waals surface area contributed by atoms with E-state index in [0.717, 1.165) is 11.4 Å². The number of anilines is 1. The van der Waals surface area contributed by atoms with Crippen LogP contribution in [-0.4, -0.2) is 39.3 Å². The number of ether oxygens (including phenoxy) is 2. The Morgan fingerprint density at radius 3 is 2.48 bits per heavy atom. The molecule has 25 heavy (non-hydrogen) atoms. The van der Waals surface area contributed by atoms with E-state index >= 15 is 0 Å². The van der Waals surface area contributed by atoms with Gasteiger partial charge in [-0.15, -0.1) is 0 Å². The first-order valence-corrected chi connectivity index (χ1v) is 8.27. The molecular weight excluding hydrogens is 323 g/mol. The third kappa shape index (κ3) is 5.76. The minimum absolute atomic E-state index is 0.104. The molecule has 1 amide bonds. The van der Waals surface area contributed by atoms with Crippen molar-refractivity contribution < 1.29 is 23.6 Å². The fraction of sp³-hybridized carbons (Fsp3) is 0.316. The van der Waals surface area contributed by atoms with Gasteiger partial charge in [0, 0.05) is 0 Å². The second-order valence-electron chi connectivity index (χ2n) is 5.56. The number of methoxy groups -OCH3 is 1. The van der Waals surface area contributed by atoms with Crippen molar-refractivity contribution >= 4 is 11.6 Å². The van der Waals surface area contributed by atoms with Gasteiger partial charge in [0.05, 0.1) is 19.3 Å². The Morgan fingerprint density at radius 1 is 1.12 bits per heavy atom. The van der Waals surface area contributed by atoms with Crippen LogP contribution >= 0.6 is 0 Å². The van der Waals surface area contributed by atoms with Gasteiger partial charge in [-0.3, -0.25) is 4.79 Å². The fourth-order valence-electron chi connectivity index (χ4n) is 2.43. The molecule has 0 heterocycles. The number of likely N-dealkylation sites (N-methyl/N-ethyl adjacent to an activating group) is 1. The van der Waals surface area contributed by atoms with Crippen molar-refractivity contribution in [3.05, 3.63) is 54.3 Å². The van der Waals surface area contributed by atoms with Crippen LogP contribution in [0.5, 0.6) is 11.5 Å². The summed E-state index contributed by atoms with van der Waals surface area (Å²) in [5.41, 5.74) is 0.646. The van der Waals surface area contributed by atoms with Crippen molar-refractivity contribution in [1.82, 2.24) is 0 Å². The number of amides is 1. The lowest BCUT2D eigenvalue weighted by atomic mass is 10.3. The molecule has 2 aromatic carbocycles. The van der Waals surface area contributed by atoms with Gasteiger partial charge in [-0.05, 0) is 31.2 Å². The van der Waals surface area contributed by atoms with E-state index in [2.05, 4.69) is 5.32 Å². The highest BCUT2D eigenvalue weighted by atomic mass is 19.1. The molecule has 0 saturated carbocycles. The molecule has 0 spiro atoms. The zero-order valence-corrected chi connectivity index (χ0v) is 14.5. The fourth-order valence-corrected chi connectivity index (χ4v) is 2.43. The zero-order chi connectivity index (χ0) is 18.1. The molecule has 0 radical (unpaired) electrons. The van der Waals surface area contributed by atoms with Crippen molar-refractivity contribution in [2.45, 2.75) is 6.92 Å². The minimum atomic E-state index is -0.380. The summed E-state index contributed by atoms with van der Waals surface area (Å²) in [5.74, 6) is 0.370. The van der Waals surface area contributed by atoms with Gasteiger partial charge in [-0.25, -0.2) is 4.39 Å². The third-order valence-electron chi connectivity index (χ3n) is 3.84. The SMILES string of the molecule is CC[NH+](CCOc1ccccc1F)CC(=O)Nc1ccccc1OC. The van der Waals surface area contributed by atoms with Crippen molar-refractivity contribution in [3.8, 4) is 11.5 Å². The van der Waals surface area contributed by atoms with Gasteiger partial charge in [-0.1, -0.05) is 24.3 Å².